The molecule has 124 valence electrons. The zero-order valence-corrected chi connectivity index (χ0v) is 14.0. The highest BCUT2D eigenvalue weighted by Crippen LogP contribution is 2.29. The number of carbonyl (C=O) groups excluding carboxylic acids is 1. The molecule has 1 aromatic heterocycles. The van der Waals surface area contributed by atoms with Crippen LogP contribution in [0.5, 0.6) is 0 Å². The van der Waals surface area contributed by atoms with Gasteiger partial charge >= 0.3 is 0 Å². The molecule has 0 N–H and O–H groups in total. The van der Waals surface area contributed by atoms with E-state index in [4.69, 9.17) is 0 Å². The minimum Gasteiger partial charge on any atom is -0.357 e. The van der Waals surface area contributed by atoms with E-state index in [1.807, 2.05) is 11.0 Å². The number of hydrogen-bond donors (Lipinski definition) is 0. The molecule has 2 aromatic rings. The molecule has 24 heavy (non-hydrogen) atoms. The zero-order chi connectivity index (χ0) is 16.5. The predicted octanol–water partition coefficient (Wildman–Crippen LogP) is 2.98. The van der Waals surface area contributed by atoms with Crippen LogP contribution < -0.4 is 9.80 Å². The first kappa shape index (κ1) is 15.1. The lowest BCUT2D eigenvalue weighted by atomic mass is 9.99. The van der Waals surface area contributed by atoms with Crippen LogP contribution >= 0.6 is 0 Å². The number of rotatable bonds is 2. The van der Waals surface area contributed by atoms with Crippen molar-refractivity contribution in [3.05, 3.63) is 47.4 Å². The van der Waals surface area contributed by atoms with Crippen LogP contribution in [0.3, 0.4) is 0 Å². The van der Waals surface area contributed by atoms with Gasteiger partial charge in [-0.3, -0.25) is 4.79 Å². The van der Waals surface area contributed by atoms with Crippen LogP contribution in [0, 0.1) is 6.92 Å². The number of amides is 1. The van der Waals surface area contributed by atoms with Crippen molar-refractivity contribution in [1.82, 2.24) is 9.97 Å². The average Bonchev–Trinajstić information content (AvgIpc) is 3.15. The van der Waals surface area contributed by atoms with Gasteiger partial charge in [0.25, 0.3) is 5.91 Å². The first-order valence-corrected chi connectivity index (χ1v) is 8.71. The van der Waals surface area contributed by atoms with Crippen LogP contribution in [0.1, 0.15) is 40.9 Å². The van der Waals surface area contributed by atoms with E-state index < -0.39 is 0 Å². The van der Waals surface area contributed by atoms with Crippen LogP contribution in [0.15, 0.2) is 30.6 Å². The third kappa shape index (κ3) is 2.75. The third-order valence-corrected chi connectivity index (χ3v) is 4.90. The number of anilines is 2. The van der Waals surface area contributed by atoms with Gasteiger partial charge in [0.2, 0.25) is 0 Å². The number of carbonyl (C=O) groups is 1. The van der Waals surface area contributed by atoms with Gasteiger partial charge in [-0.25, -0.2) is 9.97 Å². The first-order chi connectivity index (χ1) is 11.7. The molecule has 1 amide bonds. The summed E-state index contributed by atoms with van der Waals surface area (Å²) in [6.07, 6.45) is 5.91. The third-order valence-electron chi connectivity index (χ3n) is 4.90. The summed E-state index contributed by atoms with van der Waals surface area (Å²) in [7, 11) is 0. The zero-order valence-electron chi connectivity index (χ0n) is 14.0. The summed E-state index contributed by atoms with van der Waals surface area (Å²) in [5.74, 6) is 0.842. The SMILES string of the molecule is Cc1ccc2c(c1)CCCN2C(=O)c1cc(N2CCCC2)ncn1. The van der Waals surface area contributed by atoms with Gasteiger partial charge in [0.1, 0.15) is 17.8 Å². The molecule has 0 aliphatic carbocycles. The molecule has 0 spiro atoms. The maximum Gasteiger partial charge on any atom is 0.277 e. The summed E-state index contributed by atoms with van der Waals surface area (Å²) in [4.78, 5) is 25.7. The van der Waals surface area contributed by atoms with Gasteiger partial charge in [-0.05, 0) is 44.2 Å². The predicted molar refractivity (Wildman–Crippen MR) is 94.7 cm³/mol. The Kier molecular flexibility index (Phi) is 3.92. The van der Waals surface area contributed by atoms with E-state index in [-0.39, 0.29) is 5.91 Å². The minimum atomic E-state index is -0.0253. The van der Waals surface area contributed by atoms with Crippen molar-refractivity contribution in [2.75, 3.05) is 29.4 Å². The van der Waals surface area contributed by atoms with Crippen molar-refractivity contribution in [3.8, 4) is 0 Å². The molecular formula is C19H22N4O. The van der Waals surface area contributed by atoms with E-state index in [1.54, 1.807) is 0 Å². The fourth-order valence-electron chi connectivity index (χ4n) is 3.66. The lowest BCUT2D eigenvalue weighted by Crippen LogP contribution is -2.36. The number of fused-ring (bicyclic) bond motifs is 1. The second kappa shape index (κ2) is 6.23. The van der Waals surface area contributed by atoms with Crippen molar-refractivity contribution >= 4 is 17.4 Å². The summed E-state index contributed by atoms with van der Waals surface area (Å²) >= 11 is 0. The molecule has 4 rings (SSSR count). The van der Waals surface area contributed by atoms with E-state index >= 15 is 0 Å². The number of benzene rings is 1. The molecule has 2 aliphatic heterocycles. The van der Waals surface area contributed by atoms with Gasteiger partial charge in [-0.1, -0.05) is 17.7 Å². The number of nitrogens with zero attached hydrogens (tertiary/aromatic N) is 4. The number of hydrogen-bond acceptors (Lipinski definition) is 4. The Bertz CT molecular complexity index is 768. The van der Waals surface area contributed by atoms with Crippen molar-refractivity contribution < 1.29 is 4.79 Å². The fraction of sp³-hybridized carbons (Fsp3) is 0.421. The number of aryl methyl sites for hydroxylation is 2. The van der Waals surface area contributed by atoms with Crippen molar-refractivity contribution in [3.63, 3.8) is 0 Å². The van der Waals surface area contributed by atoms with Crippen LogP contribution in [0.4, 0.5) is 11.5 Å². The van der Waals surface area contributed by atoms with Gasteiger partial charge in [0.05, 0.1) is 0 Å². The van der Waals surface area contributed by atoms with Crippen molar-refractivity contribution in [2.24, 2.45) is 0 Å². The molecule has 5 heteroatoms. The Hall–Kier alpha value is -2.43. The number of aromatic nitrogens is 2. The van der Waals surface area contributed by atoms with Crippen molar-refractivity contribution in [2.45, 2.75) is 32.6 Å². The van der Waals surface area contributed by atoms with E-state index in [0.717, 1.165) is 44.0 Å². The van der Waals surface area contributed by atoms with Crippen LogP contribution in [-0.4, -0.2) is 35.5 Å². The van der Waals surface area contributed by atoms with Crippen LogP contribution in [0.2, 0.25) is 0 Å². The van der Waals surface area contributed by atoms with Crippen molar-refractivity contribution in [1.29, 1.82) is 0 Å². The maximum absolute atomic E-state index is 13.0. The lowest BCUT2D eigenvalue weighted by molar-refractivity contribution is 0.0980. The van der Waals surface area contributed by atoms with E-state index in [2.05, 4.69) is 40.0 Å². The quantitative estimate of drug-likeness (QED) is 0.853. The molecule has 3 heterocycles. The molecule has 1 aromatic carbocycles. The Labute approximate surface area is 142 Å². The van der Waals surface area contributed by atoms with Gasteiger partial charge in [0.15, 0.2) is 0 Å². The summed E-state index contributed by atoms with van der Waals surface area (Å²) in [5.41, 5.74) is 4.00. The standard InChI is InChI=1S/C19H22N4O/c1-14-6-7-17-15(11-14)5-4-10-23(17)19(24)16-12-18(21-13-20-16)22-8-2-3-9-22/h6-7,11-13H,2-5,8-10H2,1H3. The minimum absolute atomic E-state index is 0.0253. The largest absolute Gasteiger partial charge is 0.357 e. The lowest BCUT2D eigenvalue weighted by Gasteiger charge is -2.29. The average molecular weight is 322 g/mol. The molecule has 0 bridgehead atoms. The normalized spacial score (nSPS) is 17.0. The summed E-state index contributed by atoms with van der Waals surface area (Å²) < 4.78 is 0. The Balaban J connectivity index is 1.64. The molecule has 2 aliphatic rings. The second-order valence-corrected chi connectivity index (χ2v) is 6.65. The van der Waals surface area contributed by atoms with Crippen LogP contribution in [0.25, 0.3) is 0 Å². The molecule has 0 radical (unpaired) electrons. The smallest absolute Gasteiger partial charge is 0.277 e. The highest BCUT2D eigenvalue weighted by molar-refractivity contribution is 6.05. The van der Waals surface area contributed by atoms with Gasteiger partial charge in [0, 0.05) is 31.4 Å². The molecule has 1 saturated heterocycles. The summed E-state index contributed by atoms with van der Waals surface area (Å²) in [5, 5.41) is 0. The maximum atomic E-state index is 13.0. The van der Waals surface area contributed by atoms with Gasteiger partial charge in [-0.2, -0.15) is 0 Å². The van der Waals surface area contributed by atoms with E-state index in [0.29, 0.717) is 5.69 Å². The topological polar surface area (TPSA) is 49.3 Å². The molecular weight excluding hydrogens is 300 g/mol. The Morgan fingerprint density at radius 2 is 1.88 bits per heavy atom. The highest BCUT2D eigenvalue weighted by Gasteiger charge is 2.25. The van der Waals surface area contributed by atoms with Gasteiger partial charge in [-0.15, -0.1) is 0 Å². The summed E-state index contributed by atoms with van der Waals surface area (Å²) in [6.45, 7) is 4.86. The first-order valence-electron chi connectivity index (χ1n) is 8.71. The summed E-state index contributed by atoms with van der Waals surface area (Å²) in [6, 6.07) is 8.16. The second-order valence-electron chi connectivity index (χ2n) is 6.65. The molecule has 0 atom stereocenters. The van der Waals surface area contributed by atoms with E-state index in [9.17, 15) is 4.79 Å². The fourth-order valence-corrected chi connectivity index (χ4v) is 3.66. The Morgan fingerprint density at radius 3 is 2.71 bits per heavy atom. The molecule has 0 unspecified atom stereocenters. The van der Waals surface area contributed by atoms with Gasteiger partial charge < -0.3 is 9.80 Å². The van der Waals surface area contributed by atoms with E-state index in [1.165, 1.54) is 30.3 Å². The molecule has 1 fully saturated rings. The highest BCUT2D eigenvalue weighted by atomic mass is 16.2. The monoisotopic (exact) mass is 322 g/mol. The van der Waals surface area contributed by atoms with Crippen LogP contribution in [-0.2, 0) is 6.42 Å². The molecule has 0 saturated carbocycles. The Morgan fingerprint density at radius 1 is 1.04 bits per heavy atom. The molecule has 5 nitrogen and oxygen atoms in total.